The highest BCUT2D eigenvalue weighted by Crippen LogP contribution is 2.19. The van der Waals surface area contributed by atoms with Gasteiger partial charge in [0.2, 0.25) is 5.82 Å². The van der Waals surface area contributed by atoms with E-state index in [0.29, 0.717) is 24.4 Å². The topological polar surface area (TPSA) is 84.7 Å². The van der Waals surface area contributed by atoms with Crippen LogP contribution in [0.3, 0.4) is 0 Å². The highest BCUT2D eigenvalue weighted by Gasteiger charge is 2.24. The zero-order valence-corrected chi connectivity index (χ0v) is 13.7. The van der Waals surface area contributed by atoms with Gasteiger partial charge in [-0.15, -0.1) is 0 Å². The summed E-state index contributed by atoms with van der Waals surface area (Å²) in [5.74, 6) is -0.340. The number of imidazole rings is 1. The van der Waals surface area contributed by atoms with E-state index in [9.17, 15) is 9.59 Å². The zero-order chi connectivity index (χ0) is 16.9. The van der Waals surface area contributed by atoms with Crippen LogP contribution in [0.2, 0.25) is 0 Å². The number of carbonyl (C=O) groups is 2. The normalized spacial score (nSPS) is 14.9. The first-order chi connectivity index (χ1) is 11.7. The molecule has 1 aliphatic carbocycles. The number of carbonyl (C=O) groups excluding carboxylic acids is 2. The van der Waals surface area contributed by atoms with Gasteiger partial charge in [-0.1, -0.05) is 18.9 Å². The number of pyridine rings is 1. The van der Waals surface area contributed by atoms with Gasteiger partial charge in [0.1, 0.15) is 0 Å². The number of hydrogen-bond donors (Lipinski definition) is 2. The van der Waals surface area contributed by atoms with Crippen LogP contribution in [0.15, 0.2) is 24.4 Å². The molecule has 2 N–H and O–H groups in total. The third kappa shape index (κ3) is 3.41. The second-order valence-corrected chi connectivity index (χ2v) is 5.94. The highest BCUT2D eigenvalue weighted by molar-refractivity contribution is 6.02. The van der Waals surface area contributed by atoms with Gasteiger partial charge in [-0.25, -0.2) is 4.98 Å². The van der Waals surface area contributed by atoms with Gasteiger partial charge in [0.15, 0.2) is 5.69 Å². The molecule has 24 heavy (non-hydrogen) atoms. The first-order valence-electron chi connectivity index (χ1n) is 8.26. The molecule has 0 spiro atoms. The third-order valence-corrected chi connectivity index (χ3v) is 4.25. The molecule has 2 aromatic heterocycles. The molecule has 0 aliphatic heterocycles. The van der Waals surface area contributed by atoms with Crippen molar-refractivity contribution in [2.45, 2.75) is 31.7 Å². The third-order valence-electron chi connectivity index (χ3n) is 4.25. The SMILES string of the molecule is COCCNC(=O)c1nc(C(=O)NC2CCCC2)c2ccccn12. The minimum absolute atomic E-state index is 0.206. The number of nitrogens with zero attached hydrogens (tertiary/aromatic N) is 2. The van der Waals surface area contributed by atoms with Crippen LogP contribution in [-0.4, -0.2) is 47.5 Å². The number of nitrogens with one attached hydrogen (secondary N) is 2. The Balaban J connectivity index is 1.85. The van der Waals surface area contributed by atoms with E-state index in [-0.39, 0.29) is 23.7 Å². The summed E-state index contributed by atoms with van der Waals surface area (Å²) in [6, 6.07) is 5.63. The van der Waals surface area contributed by atoms with Crippen molar-refractivity contribution in [2.24, 2.45) is 0 Å². The lowest BCUT2D eigenvalue weighted by molar-refractivity contribution is 0.0926. The van der Waals surface area contributed by atoms with Gasteiger partial charge in [0, 0.05) is 25.9 Å². The van der Waals surface area contributed by atoms with Gasteiger partial charge < -0.3 is 15.4 Å². The lowest BCUT2D eigenvalue weighted by Crippen LogP contribution is -2.33. The number of amides is 2. The number of hydrogen-bond acceptors (Lipinski definition) is 4. The van der Waals surface area contributed by atoms with Crippen molar-refractivity contribution >= 4 is 17.3 Å². The molecule has 2 amide bonds. The van der Waals surface area contributed by atoms with Crippen molar-refractivity contribution < 1.29 is 14.3 Å². The monoisotopic (exact) mass is 330 g/mol. The molecule has 0 atom stereocenters. The van der Waals surface area contributed by atoms with Crippen LogP contribution in [0.4, 0.5) is 0 Å². The molecule has 2 aromatic rings. The van der Waals surface area contributed by atoms with Gasteiger partial charge >= 0.3 is 0 Å². The van der Waals surface area contributed by atoms with Crippen LogP contribution >= 0.6 is 0 Å². The Hall–Kier alpha value is -2.41. The van der Waals surface area contributed by atoms with E-state index in [1.165, 1.54) is 0 Å². The van der Waals surface area contributed by atoms with Crippen LogP contribution in [0.25, 0.3) is 5.52 Å². The van der Waals surface area contributed by atoms with Gasteiger partial charge in [-0.05, 0) is 25.0 Å². The molecular weight excluding hydrogens is 308 g/mol. The van der Waals surface area contributed by atoms with E-state index < -0.39 is 0 Å². The zero-order valence-electron chi connectivity index (χ0n) is 13.7. The largest absolute Gasteiger partial charge is 0.383 e. The molecule has 0 saturated heterocycles. The number of aromatic nitrogens is 2. The van der Waals surface area contributed by atoms with E-state index >= 15 is 0 Å². The summed E-state index contributed by atoms with van der Waals surface area (Å²) in [6.07, 6.45) is 6.02. The maximum absolute atomic E-state index is 12.6. The fourth-order valence-corrected chi connectivity index (χ4v) is 3.03. The number of rotatable bonds is 6. The Bertz CT molecular complexity index is 735. The minimum atomic E-state index is -0.326. The van der Waals surface area contributed by atoms with Crippen molar-refractivity contribution in [1.29, 1.82) is 0 Å². The molecule has 1 aliphatic rings. The van der Waals surface area contributed by atoms with Crippen LogP contribution in [0, 0.1) is 0 Å². The average molecular weight is 330 g/mol. The number of methoxy groups -OCH3 is 1. The number of ether oxygens (including phenoxy) is 1. The molecule has 1 saturated carbocycles. The molecule has 1 fully saturated rings. The summed E-state index contributed by atoms with van der Waals surface area (Å²) < 4.78 is 6.57. The fourth-order valence-electron chi connectivity index (χ4n) is 3.03. The molecule has 2 heterocycles. The molecule has 7 nitrogen and oxygen atoms in total. The molecule has 0 aromatic carbocycles. The van der Waals surface area contributed by atoms with Crippen molar-refractivity contribution in [3.8, 4) is 0 Å². The van der Waals surface area contributed by atoms with Crippen molar-refractivity contribution in [2.75, 3.05) is 20.3 Å². The second kappa shape index (κ2) is 7.44. The lowest BCUT2D eigenvalue weighted by atomic mass is 10.2. The van der Waals surface area contributed by atoms with Gasteiger partial charge in [0.05, 0.1) is 12.1 Å². The van der Waals surface area contributed by atoms with Gasteiger partial charge in [-0.2, -0.15) is 0 Å². The molecule has 0 bridgehead atoms. The van der Waals surface area contributed by atoms with Crippen molar-refractivity contribution in [3.05, 3.63) is 35.9 Å². The minimum Gasteiger partial charge on any atom is -0.383 e. The van der Waals surface area contributed by atoms with E-state index in [0.717, 1.165) is 25.7 Å². The first kappa shape index (κ1) is 16.4. The summed E-state index contributed by atoms with van der Waals surface area (Å²) in [5.41, 5.74) is 0.921. The van der Waals surface area contributed by atoms with Crippen LogP contribution in [-0.2, 0) is 4.74 Å². The summed E-state index contributed by atoms with van der Waals surface area (Å²) in [4.78, 5) is 29.2. The maximum atomic E-state index is 12.6. The summed E-state index contributed by atoms with van der Waals surface area (Å²) in [5, 5.41) is 5.76. The van der Waals surface area contributed by atoms with Crippen LogP contribution in [0.1, 0.15) is 46.8 Å². The summed E-state index contributed by atoms with van der Waals surface area (Å²) in [6.45, 7) is 0.810. The van der Waals surface area contributed by atoms with E-state index in [2.05, 4.69) is 15.6 Å². The van der Waals surface area contributed by atoms with E-state index in [1.807, 2.05) is 6.07 Å². The Kier molecular flexibility index (Phi) is 5.10. The Morgan fingerprint density at radius 3 is 2.83 bits per heavy atom. The predicted octanol–water partition coefficient (Wildman–Crippen LogP) is 1.38. The quantitative estimate of drug-likeness (QED) is 0.784. The van der Waals surface area contributed by atoms with Crippen LogP contribution in [0.5, 0.6) is 0 Å². The summed E-state index contributed by atoms with van der Waals surface area (Å²) in [7, 11) is 1.57. The Morgan fingerprint density at radius 1 is 1.29 bits per heavy atom. The van der Waals surface area contributed by atoms with Crippen molar-refractivity contribution in [3.63, 3.8) is 0 Å². The highest BCUT2D eigenvalue weighted by atomic mass is 16.5. The van der Waals surface area contributed by atoms with Gasteiger partial charge in [0.25, 0.3) is 11.8 Å². The maximum Gasteiger partial charge on any atom is 0.287 e. The molecular formula is C17H22N4O3. The molecule has 0 unspecified atom stereocenters. The van der Waals surface area contributed by atoms with E-state index in [4.69, 9.17) is 4.74 Å². The predicted molar refractivity (Wildman–Crippen MR) is 89.1 cm³/mol. The fraction of sp³-hybridized carbons (Fsp3) is 0.471. The molecule has 0 radical (unpaired) electrons. The van der Waals surface area contributed by atoms with Crippen molar-refractivity contribution in [1.82, 2.24) is 20.0 Å². The first-order valence-corrected chi connectivity index (χ1v) is 8.26. The molecule has 7 heteroatoms. The lowest BCUT2D eigenvalue weighted by Gasteiger charge is -2.10. The Morgan fingerprint density at radius 2 is 2.08 bits per heavy atom. The van der Waals surface area contributed by atoms with Crippen LogP contribution < -0.4 is 10.6 Å². The molecule has 3 rings (SSSR count). The van der Waals surface area contributed by atoms with Gasteiger partial charge in [-0.3, -0.25) is 14.0 Å². The standard InChI is InChI=1S/C17H22N4O3/c1-24-11-9-18-17(23)15-20-14(13-8-4-5-10-21(13)15)16(22)19-12-6-2-3-7-12/h4-5,8,10,12H,2-3,6-7,9,11H2,1H3,(H,18,23)(H,19,22). The van der Waals surface area contributed by atoms with E-state index in [1.54, 1.807) is 29.8 Å². The smallest absolute Gasteiger partial charge is 0.287 e. The number of fused-ring (bicyclic) bond motifs is 1. The Labute approximate surface area is 140 Å². The molecule has 128 valence electrons. The summed E-state index contributed by atoms with van der Waals surface area (Å²) >= 11 is 0. The average Bonchev–Trinajstić information content (AvgIpc) is 3.22. The second-order valence-electron chi connectivity index (χ2n) is 5.94.